The Kier molecular flexibility index (Phi) is 3.44. The zero-order valence-electron chi connectivity index (χ0n) is 10.9. The second-order valence-corrected chi connectivity index (χ2v) is 5.11. The van der Waals surface area contributed by atoms with E-state index in [2.05, 4.69) is 18.2 Å². The maximum absolute atomic E-state index is 5.96. The fraction of sp³-hybridized carbons (Fsp3) is 0. The van der Waals surface area contributed by atoms with Crippen molar-refractivity contribution in [2.75, 3.05) is 5.73 Å². The molecule has 3 aromatic rings. The molecule has 0 aliphatic carbocycles. The fourth-order valence-electron chi connectivity index (χ4n) is 2.32. The van der Waals surface area contributed by atoms with E-state index in [1.807, 2.05) is 54.6 Å². The van der Waals surface area contributed by atoms with Gasteiger partial charge in [-0.25, -0.2) is 0 Å². The van der Waals surface area contributed by atoms with Gasteiger partial charge in [0.15, 0.2) is 0 Å². The zero-order chi connectivity index (χ0) is 13.9. The van der Waals surface area contributed by atoms with Crippen LogP contribution in [0.25, 0.3) is 22.3 Å². The Morgan fingerprint density at radius 3 is 1.95 bits per heavy atom. The van der Waals surface area contributed by atoms with Crippen molar-refractivity contribution in [3.63, 3.8) is 0 Å². The molecule has 0 spiro atoms. The Morgan fingerprint density at radius 2 is 1.30 bits per heavy atom. The first kappa shape index (κ1) is 12.8. The van der Waals surface area contributed by atoms with Crippen molar-refractivity contribution >= 4 is 17.3 Å². The molecule has 0 saturated heterocycles. The van der Waals surface area contributed by atoms with Crippen LogP contribution < -0.4 is 5.73 Å². The molecule has 98 valence electrons. The van der Waals surface area contributed by atoms with Gasteiger partial charge in [-0.1, -0.05) is 60.1 Å². The van der Waals surface area contributed by atoms with Gasteiger partial charge in [-0.05, 0) is 46.5 Å². The molecule has 0 radical (unpaired) electrons. The standard InChI is InChI=1S/C18H14ClN/c19-15-10-8-13(9-11-15)17-6-1-2-7-18(17)14-4-3-5-16(20)12-14/h1-12H,20H2. The third-order valence-corrected chi connectivity index (χ3v) is 3.53. The minimum atomic E-state index is 0.746. The van der Waals surface area contributed by atoms with E-state index >= 15 is 0 Å². The molecule has 0 fully saturated rings. The SMILES string of the molecule is Nc1cccc(-c2ccccc2-c2ccc(Cl)cc2)c1. The third-order valence-electron chi connectivity index (χ3n) is 3.28. The first-order chi connectivity index (χ1) is 9.74. The Bertz CT molecular complexity index is 732. The van der Waals surface area contributed by atoms with Crippen LogP contribution in [-0.2, 0) is 0 Å². The molecule has 0 saturated carbocycles. The van der Waals surface area contributed by atoms with Crippen LogP contribution in [0.4, 0.5) is 5.69 Å². The summed E-state index contributed by atoms with van der Waals surface area (Å²) in [6, 6.07) is 24.1. The smallest absolute Gasteiger partial charge is 0.0406 e. The molecule has 3 rings (SSSR count). The number of hydrogen-bond donors (Lipinski definition) is 1. The van der Waals surface area contributed by atoms with Crippen molar-refractivity contribution in [1.29, 1.82) is 0 Å². The lowest BCUT2D eigenvalue weighted by Crippen LogP contribution is -1.88. The first-order valence-corrected chi connectivity index (χ1v) is 6.83. The summed E-state index contributed by atoms with van der Waals surface area (Å²) in [6.45, 7) is 0. The van der Waals surface area contributed by atoms with Gasteiger partial charge in [0.1, 0.15) is 0 Å². The fourth-order valence-corrected chi connectivity index (χ4v) is 2.45. The molecule has 1 nitrogen and oxygen atoms in total. The highest BCUT2D eigenvalue weighted by molar-refractivity contribution is 6.30. The normalized spacial score (nSPS) is 10.4. The topological polar surface area (TPSA) is 26.0 Å². The third kappa shape index (κ3) is 2.54. The van der Waals surface area contributed by atoms with Crippen LogP contribution in [0.5, 0.6) is 0 Å². The lowest BCUT2D eigenvalue weighted by molar-refractivity contribution is 1.58. The van der Waals surface area contributed by atoms with Gasteiger partial charge in [-0.15, -0.1) is 0 Å². The Labute approximate surface area is 123 Å². The quantitative estimate of drug-likeness (QED) is 0.637. The molecular weight excluding hydrogens is 266 g/mol. The summed E-state index contributed by atoms with van der Waals surface area (Å²) in [6.07, 6.45) is 0. The van der Waals surface area contributed by atoms with Gasteiger partial charge in [0.25, 0.3) is 0 Å². The van der Waals surface area contributed by atoms with Gasteiger partial charge >= 0.3 is 0 Å². The maximum Gasteiger partial charge on any atom is 0.0406 e. The molecule has 2 heteroatoms. The van der Waals surface area contributed by atoms with Gasteiger partial charge in [0.05, 0.1) is 0 Å². The van der Waals surface area contributed by atoms with E-state index in [4.69, 9.17) is 17.3 Å². The van der Waals surface area contributed by atoms with Gasteiger partial charge in [0.2, 0.25) is 0 Å². The van der Waals surface area contributed by atoms with E-state index in [1.165, 1.54) is 11.1 Å². The van der Waals surface area contributed by atoms with E-state index in [9.17, 15) is 0 Å². The largest absolute Gasteiger partial charge is 0.399 e. The lowest BCUT2D eigenvalue weighted by atomic mass is 9.94. The van der Waals surface area contributed by atoms with E-state index in [1.54, 1.807) is 0 Å². The highest BCUT2D eigenvalue weighted by Crippen LogP contribution is 2.33. The second kappa shape index (κ2) is 5.40. The number of halogens is 1. The number of anilines is 1. The van der Waals surface area contributed by atoms with Crippen LogP contribution in [-0.4, -0.2) is 0 Å². The summed E-state index contributed by atoms with van der Waals surface area (Å²) in [4.78, 5) is 0. The maximum atomic E-state index is 5.96. The summed E-state index contributed by atoms with van der Waals surface area (Å²) in [5, 5.41) is 0.746. The predicted octanol–water partition coefficient (Wildman–Crippen LogP) is 5.26. The van der Waals surface area contributed by atoms with Crippen LogP contribution in [0.3, 0.4) is 0 Å². The van der Waals surface area contributed by atoms with Crippen LogP contribution >= 0.6 is 11.6 Å². The summed E-state index contributed by atoms with van der Waals surface area (Å²) in [5.74, 6) is 0. The summed E-state index contributed by atoms with van der Waals surface area (Å²) in [5.41, 5.74) is 11.3. The number of nitrogens with two attached hydrogens (primary N) is 1. The summed E-state index contributed by atoms with van der Waals surface area (Å²) >= 11 is 5.96. The van der Waals surface area contributed by atoms with Crippen molar-refractivity contribution in [2.24, 2.45) is 0 Å². The number of nitrogen functional groups attached to an aromatic ring is 1. The molecule has 0 heterocycles. The van der Waals surface area contributed by atoms with E-state index < -0.39 is 0 Å². The molecular formula is C18H14ClN. The molecule has 20 heavy (non-hydrogen) atoms. The predicted molar refractivity (Wildman–Crippen MR) is 86.7 cm³/mol. The molecule has 0 unspecified atom stereocenters. The molecule has 0 aromatic heterocycles. The monoisotopic (exact) mass is 279 g/mol. The molecule has 0 aliphatic heterocycles. The molecule has 2 N–H and O–H groups in total. The molecule has 0 aliphatic rings. The first-order valence-electron chi connectivity index (χ1n) is 6.45. The van der Waals surface area contributed by atoms with E-state index in [0.717, 1.165) is 21.8 Å². The molecule has 0 bridgehead atoms. The minimum Gasteiger partial charge on any atom is -0.399 e. The van der Waals surface area contributed by atoms with E-state index in [0.29, 0.717) is 0 Å². The van der Waals surface area contributed by atoms with Crippen molar-refractivity contribution < 1.29 is 0 Å². The average molecular weight is 280 g/mol. The number of rotatable bonds is 2. The van der Waals surface area contributed by atoms with Gasteiger partial charge in [-0.3, -0.25) is 0 Å². The second-order valence-electron chi connectivity index (χ2n) is 4.68. The van der Waals surface area contributed by atoms with Gasteiger partial charge in [0, 0.05) is 10.7 Å². The van der Waals surface area contributed by atoms with Crippen LogP contribution in [0.2, 0.25) is 5.02 Å². The number of benzene rings is 3. The molecule has 0 atom stereocenters. The van der Waals surface area contributed by atoms with Crippen molar-refractivity contribution in [3.8, 4) is 22.3 Å². The lowest BCUT2D eigenvalue weighted by Gasteiger charge is -2.10. The Hall–Kier alpha value is -2.25. The van der Waals surface area contributed by atoms with Gasteiger partial charge in [-0.2, -0.15) is 0 Å². The summed E-state index contributed by atoms with van der Waals surface area (Å²) < 4.78 is 0. The average Bonchev–Trinajstić information content (AvgIpc) is 2.48. The van der Waals surface area contributed by atoms with Crippen molar-refractivity contribution in [3.05, 3.63) is 77.8 Å². The van der Waals surface area contributed by atoms with Crippen LogP contribution in [0.15, 0.2) is 72.8 Å². The summed E-state index contributed by atoms with van der Waals surface area (Å²) in [7, 11) is 0. The van der Waals surface area contributed by atoms with Crippen molar-refractivity contribution in [1.82, 2.24) is 0 Å². The van der Waals surface area contributed by atoms with Crippen LogP contribution in [0.1, 0.15) is 0 Å². The molecule has 3 aromatic carbocycles. The highest BCUT2D eigenvalue weighted by Gasteiger charge is 2.06. The molecule has 0 amide bonds. The number of hydrogen-bond acceptors (Lipinski definition) is 1. The van der Waals surface area contributed by atoms with Crippen molar-refractivity contribution in [2.45, 2.75) is 0 Å². The highest BCUT2D eigenvalue weighted by atomic mass is 35.5. The van der Waals surface area contributed by atoms with Gasteiger partial charge < -0.3 is 5.73 Å². The van der Waals surface area contributed by atoms with Crippen LogP contribution in [0, 0.1) is 0 Å². The zero-order valence-corrected chi connectivity index (χ0v) is 11.6. The minimum absolute atomic E-state index is 0.746. The van der Waals surface area contributed by atoms with E-state index in [-0.39, 0.29) is 0 Å². The Balaban J connectivity index is 2.16. The Morgan fingerprint density at radius 1 is 0.650 bits per heavy atom.